The van der Waals surface area contributed by atoms with Crippen molar-refractivity contribution in [1.82, 2.24) is 4.72 Å². The third kappa shape index (κ3) is 3.47. The molecule has 0 atom stereocenters. The summed E-state index contributed by atoms with van der Waals surface area (Å²) in [6.07, 6.45) is 0. The van der Waals surface area contributed by atoms with Crippen molar-refractivity contribution < 1.29 is 8.42 Å². The first-order chi connectivity index (χ1) is 11.0. The van der Waals surface area contributed by atoms with Gasteiger partial charge < -0.3 is 0 Å². The van der Waals surface area contributed by atoms with Crippen LogP contribution in [0.2, 0.25) is 0 Å². The van der Waals surface area contributed by atoms with Gasteiger partial charge >= 0.3 is 0 Å². The summed E-state index contributed by atoms with van der Waals surface area (Å²) in [5.74, 6) is 0. The highest BCUT2D eigenvalue weighted by Gasteiger charge is 2.19. The van der Waals surface area contributed by atoms with Gasteiger partial charge in [-0.05, 0) is 35.6 Å². The maximum atomic E-state index is 12.8. The lowest BCUT2D eigenvalue weighted by molar-refractivity contribution is 0.581. The number of sulfonamides is 1. The fourth-order valence-electron chi connectivity index (χ4n) is 2.56. The molecular formula is C18H16BrNO2S. The zero-order chi connectivity index (χ0) is 16.4. The Morgan fingerprint density at radius 2 is 1.65 bits per heavy atom. The van der Waals surface area contributed by atoms with Gasteiger partial charge in [-0.2, -0.15) is 0 Å². The van der Waals surface area contributed by atoms with Crippen LogP contribution < -0.4 is 4.72 Å². The normalized spacial score (nSPS) is 11.7. The molecule has 3 aromatic carbocycles. The number of hydrogen-bond acceptors (Lipinski definition) is 2. The maximum Gasteiger partial charge on any atom is 0.241 e. The van der Waals surface area contributed by atoms with Crippen molar-refractivity contribution in [2.75, 3.05) is 0 Å². The summed E-state index contributed by atoms with van der Waals surface area (Å²) in [5.41, 5.74) is 1.65. The van der Waals surface area contributed by atoms with Gasteiger partial charge in [-0.15, -0.1) is 0 Å². The number of fused-ring (bicyclic) bond motifs is 1. The highest BCUT2D eigenvalue weighted by molar-refractivity contribution is 9.10. The van der Waals surface area contributed by atoms with E-state index in [1.807, 2.05) is 67.6 Å². The van der Waals surface area contributed by atoms with Crippen LogP contribution in [0.3, 0.4) is 0 Å². The number of nitrogens with one attached hydrogen (secondary N) is 1. The first-order valence-electron chi connectivity index (χ1n) is 7.20. The molecule has 118 valence electrons. The molecule has 0 radical (unpaired) electrons. The van der Waals surface area contributed by atoms with E-state index < -0.39 is 10.0 Å². The van der Waals surface area contributed by atoms with E-state index in [2.05, 4.69) is 20.7 Å². The van der Waals surface area contributed by atoms with E-state index in [0.29, 0.717) is 4.90 Å². The molecule has 0 saturated carbocycles. The van der Waals surface area contributed by atoms with Crippen molar-refractivity contribution in [2.45, 2.75) is 18.4 Å². The molecule has 0 aromatic heterocycles. The fraction of sp³-hybridized carbons (Fsp3) is 0.111. The maximum absolute atomic E-state index is 12.8. The monoisotopic (exact) mass is 389 g/mol. The largest absolute Gasteiger partial charge is 0.241 e. The summed E-state index contributed by atoms with van der Waals surface area (Å²) in [7, 11) is -3.59. The zero-order valence-electron chi connectivity index (χ0n) is 12.6. The van der Waals surface area contributed by atoms with Crippen LogP contribution in [0, 0.1) is 6.92 Å². The average molecular weight is 390 g/mol. The number of halogens is 1. The fourth-order valence-corrected chi connectivity index (χ4v) is 4.29. The second-order valence-electron chi connectivity index (χ2n) is 5.38. The second-order valence-corrected chi connectivity index (χ2v) is 8.00. The molecule has 1 N–H and O–H groups in total. The molecule has 0 spiro atoms. The molecule has 23 heavy (non-hydrogen) atoms. The summed E-state index contributed by atoms with van der Waals surface area (Å²) >= 11 is 3.37. The minimum atomic E-state index is -3.59. The average Bonchev–Trinajstić information content (AvgIpc) is 2.54. The van der Waals surface area contributed by atoms with Gasteiger partial charge in [0, 0.05) is 16.4 Å². The molecule has 0 saturated heterocycles. The smallest absolute Gasteiger partial charge is 0.207 e. The molecule has 0 aliphatic rings. The number of benzene rings is 3. The summed E-state index contributed by atoms with van der Waals surface area (Å²) in [5, 5.41) is 1.66. The van der Waals surface area contributed by atoms with Crippen LogP contribution in [0.25, 0.3) is 10.8 Å². The highest BCUT2D eigenvalue weighted by atomic mass is 79.9. The number of rotatable bonds is 4. The summed E-state index contributed by atoms with van der Waals surface area (Å²) in [6, 6.07) is 18.9. The lowest BCUT2D eigenvalue weighted by Gasteiger charge is -2.12. The lowest BCUT2D eigenvalue weighted by atomic mass is 10.1. The Hall–Kier alpha value is -1.69. The third-order valence-corrected chi connectivity index (χ3v) is 5.86. The summed E-state index contributed by atoms with van der Waals surface area (Å²) < 4.78 is 29.2. The predicted octanol–water partition coefficient (Wildman–Crippen LogP) is 4.39. The SMILES string of the molecule is Cc1ccc2ccccc2c1S(=O)(=O)NCc1ccc(Br)cc1. The highest BCUT2D eigenvalue weighted by Crippen LogP contribution is 2.26. The Bertz CT molecular complexity index is 950. The molecule has 0 aliphatic heterocycles. The minimum Gasteiger partial charge on any atom is -0.207 e. The van der Waals surface area contributed by atoms with E-state index in [-0.39, 0.29) is 6.54 Å². The Kier molecular flexibility index (Phi) is 4.53. The molecule has 3 nitrogen and oxygen atoms in total. The molecule has 0 fully saturated rings. The van der Waals surface area contributed by atoms with Gasteiger partial charge in [0.15, 0.2) is 0 Å². The zero-order valence-corrected chi connectivity index (χ0v) is 15.0. The Labute approximate surface area is 144 Å². The minimum absolute atomic E-state index is 0.262. The predicted molar refractivity (Wildman–Crippen MR) is 96.9 cm³/mol. The Morgan fingerprint density at radius 3 is 2.39 bits per heavy atom. The molecule has 5 heteroatoms. The lowest BCUT2D eigenvalue weighted by Crippen LogP contribution is -2.24. The second kappa shape index (κ2) is 6.43. The van der Waals surface area contributed by atoms with Gasteiger partial charge in [-0.25, -0.2) is 13.1 Å². The van der Waals surface area contributed by atoms with Gasteiger partial charge in [0.2, 0.25) is 10.0 Å². The van der Waals surface area contributed by atoms with Crippen LogP contribution >= 0.6 is 15.9 Å². The Morgan fingerprint density at radius 1 is 0.957 bits per heavy atom. The molecule has 0 unspecified atom stereocenters. The van der Waals surface area contributed by atoms with Gasteiger partial charge in [0.25, 0.3) is 0 Å². The van der Waals surface area contributed by atoms with Crippen LogP contribution in [-0.4, -0.2) is 8.42 Å². The topological polar surface area (TPSA) is 46.2 Å². The van der Waals surface area contributed by atoms with E-state index in [1.165, 1.54) is 0 Å². The standard InChI is InChI=1S/C18H16BrNO2S/c1-13-6-9-15-4-2-3-5-17(15)18(13)23(21,22)20-12-14-7-10-16(19)11-8-14/h2-11,20H,12H2,1H3. The van der Waals surface area contributed by atoms with Gasteiger partial charge in [-0.1, -0.05) is 64.5 Å². The van der Waals surface area contributed by atoms with Crippen LogP contribution in [0.4, 0.5) is 0 Å². The summed E-state index contributed by atoms with van der Waals surface area (Å²) in [4.78, 5) is 0.354. The molecule has 0 aliphatic carbocycles. The molecule has 3 aromatic rings. The van der Waals surface area contributed by atoms with Crippen molar-refractivity contribution in [3.63, 3.8) is 0 Å². The van der Waals surface area contributed by atoms with Crippen LogP contribution in [0.1, 0.15) is 11.1 Å². The van der Waals surface area contributed by atoms with Crippen molar-refractivity contribution >= 4 is 36.7 Å². The molecule has 0 amide bonds. The summed E-state index contributed by atoms with van der Waals surface area (Å²) in [6.45, 7) is 2.08. The van der Waals surface area contributed by atoms with Gasteiger partial charge in [0.1, 0.15) is 0 Å². The van der Waals surface area contributed by atoms with Crippen molar-refractivity contribution in [1.29, 1.82) is 0 Å². The van der Waals surface area contributed by atoms with E-state index in [4.69, 9.17) is 0 Å². The first kappa shape index (κ1) is 16.2. The quantitative estimate of drug-likeness (QED) is 0.718. The van der Waals surface area contributed by atoms with Crippen molar-refractivity contribution in [3.05, 3.63) is 76.3 Å². The molecule has 3 rings (SSSR count). The van der Waals surface area contributed by atoms with Gasteiger partial charge in [0.05, 0.1) is 4.90 Å². The van der Waals surface area contributed by atoms with Crippen LogP contribution in [-0.2, 0) is 16.6 Å². The molecule has 0 heterocycles. The van der Waals surface area contributed by atoms with Crippen LogP contribution in [0.5, 0.6) is 0 Å². The number of hydrogen-bond donors (Lipinski definition) is 1. The van der Waals surface area contributed by atoms with Crippen LogP contribution in [0.15, 0.2) is 70.0 Å². The van der Waals surface area contributed by atoms with E-state index >= 15 is 0 Å². The van der Waals surface area contributed by atoms with E-state index in [0.717, 1.165) is 26.4 Å². The van der Waals surface area contributed by atoms with Crippen molar-refractivity contribution in [3.8, 4) is 0 Å². The van der Waals surface area contributed by atoms with E-state index in [1.54, 1.807) is 0 Å². The molecule has 0 bridgehead atoms. The Balaban J connectivity index is 1.96. The van der Waals surface area contributed by atoms with Gasteiger partial charge in [-0.3, -0.25) is 0 Å². The molecular weight excluding hydrogens is 374 g/mol. The third-order valence-electron chi connectivity index (χ3n) is 3.72. The van der Waals surface area contributed by atoms with E-state index in [9.17, 15) is 8.42 Å². The first-order valence-corrected chi connectivity index (χ1v) is 9.47. The van der Waals surface area contributed by atoms with Crippen molar-refractivity contribution in [2.24, 2.45) is 0 Å². The number of aryl methyl sites for hydroxylation is 1.